The SMILES string of the molecule is CCCOc1ccc(C(=O)CCC(=O)NC2(CN)CCCC2)cc1. The van der Waals surface area contributed by atoms with Crippen LogP contribution in [0.1, 0.15) is 62.2 Å². The molecule has 1 aliphatic rings. The van der Waals surface area contributed by atoms with Crippen LogP contribution < -0.4 is 15.8 Å². The normalized spacial score (nSPS) is 15.9. The van der Waals surface area contributed by atoms with Gasteiger partial charge in [0.15, 0.2) is 5.78 Å². The molecule has 1 saturated carbocycles. The molecule has 1 aromatic rings. The summed E-state index contributed by atoms with van der Waals surface area (Å²) in [7, 11) is 0. The first kappa shape index (κ1) is 18.5. The summed E-state index contributed by atoms with van der Waals surface area (Å²) >= 11 is 0. The number of Topliss-reactive ketones (excluding diaryl/α,β-unsaturated/α-hetero) is 1. The van der Waals surface area contributed by atoms with Gasteiger partial charge in [-0.2, -0.15) is 0 Å². The summed E-state index contributed by atoms with van der Waals surface area (Å²) in [6, 6.07) is 7.10. The summed E-state index contributed by atoms with van der Waals surface area (Å²) in [6.45, 7) is 3.17. The number of carbonyl (C=O) groups excluding carboxylic acids is 2. The van der Waals surface area contributed by atoms with Crippen molar-refractivity contribution >= 4 is 11.7 Å². The fraction of sp³-hybridized carbons (Fsp3) is 0.579. The van der Waals surface area contributed by atoms with Gasteiger partial charge in [-0.3, -0.25) is 9.59 Å². The van der Waals surface area contributed by atoms with E-state index in [1.165, 1.54) is 0 Å². The topological polar surface area (TPSA) is 81.4 Å². The largest absolute Gasteiger partial charge is 0.494 e. The van der Waals surface area contributed by atoms with Gasteiger partial charge in [0, 0.05) is 24.9 Å². The highest BCUT2D eigenvalue weighted by molar-refractivity contribution is 5.98. The highest BCUT2D eigenvalue weighted by Gasteiger charge is 2.33. The van der Waals surface area contributed by atoms with Gasteiger partial charge in [-0.1, -0.05) is 19.8 Å². The fourth-order valence-corrected chi connectivity index (χ4v) is 3.12. The molecule has 0 radical (unpaired) electrons. The van der Waals surface area contributed by atoms with Gasteiger partial charge in [0.05, 0.1) is 12.1 Å². The highest BCUT2D eigenvalue weighted by atomic mass is 16.5. The quantitative estimate of drug-likeness (QED) is 0.681. The van der Waals surface area contributed by atoms with Crippen molar-refractivity contribution in [1.82, 2.24) is 5.32 Å². The first-order chi connectivity index (χ1) is 11.6. The Morgan fingerprint density at radius 3 is 2.42 bits per heavy atom. The maximum absolute atomic E-state index is 12.2. The van der Waals surface area contributed by atoms with Gasteiger partial charge < -0.3 is 15.8 Å². The molecule has 0 unspecified atom stereocenters. The van der Waals surface area contributed by atoms with Crippen LogP contribution in [-0.2, 0) is 4.79 Å². The number of ketones is 1. The van der Waals surface area contributed by atoms with E-state index in [1.807, 2.05) is 6.92 Å². The number of amides is 1. The summed E-state index contributed by atoms with van der Waals surface area (Å²) in [5.41, 5.74) is 6.18. The van der Waals surface area contributed by atoms with Crippen LogP contribution in [0.25, 0.3) is 0 Å². The minimum absolute atomic E-state index is 0.0274. The first-order valence-electron chi connectivity index (χ1n) is 8.86. The van der Waals surface area contributed by atoms with E-state index in [1.54, 1.807) is 24.3 Å². The number of rotatable bonds is 9. The molecular formula is C19H28N2O3. The lowest BCUT2D eigenvalue weighted by atomic mass is 9.97. The Morgan fingerprint density at radius 2 is 1.83 bits per heavy atom. The second-order valence-electron chi connectivity index (χ2n) is 6.54. The Morgan fingerprint density at radius 1 is 1.17 bits per heavy atom. The van der Waals surface area contributed by atoms with Gasteiger partial charge in [-0.25, -0.2) is 0 Å². The molecule has 24 heavy (non-hydrogen) atoms. The molecule has 132 valence electrons. The van der Waals surface area contributed by atoms with Gasteiger partial charge in [0.1, 0.15) is 5.75 Å². The van der Waals surface area contributed by atoms with Crippen molar-refractivity contribution < 1.29 is 14.3 Å². The fourth-order valence-electron chi connectivity index (χ4n) is 3.12. The zero-order chi connectivity index (χ0) is 17.4. The average molecular weight is 332 g/mol. The van der Waals surface area contributed by atoms with Crippen LogP contribution in [-0.4, -0.2) is 30.4 Å². The van der Waals surface area contributed by atoms with Gasteiger partial charge >= 0.3 is 0 Å². The summed E-state index contributed by atoms with van der Waals surface area (Å²) in [5.74, 6) is 0.649. The van der Waals surface area contributed by atoms with Gasteiger partial charge in [-0.15, -0.1) is 0 Å². The van der Waals surface area contributed by atoms with Crippen LogP contribution in [0.15, 0.2) is 24.3 Å². The molecular weight excluding hydrogens is 304 g/mol. The molecule has 2 rings (SSSR count). The van der Waals surface area contributed by atoms with Crippen molar-refractivity contribution in [3.05, 3.63) is 29.8 Å². The van der Waals surface area contributed by atoms with E-state index < -0.39 is 0 Å². The van der Waals surface area contributed by atoms with E-state index in [0.717, 1.165) is 37.9 Å². The van der Waals surface area contributed by atoms with Crippen molar-refractivity contribution in [2.75, 3.05) is 13.2 Å². The van der Waals surface area contributed by atoms with E-state index in [-0.39, 0.29) is 30.1 Å². The number of nitrogens with one attached hydrogen (secondary N) is 1. The van der Waals surface area contributed by atoms with Crippen LogP contribution in [0.3, 0.4) is 0 Å². The van der Waals surface area contributed by atoms with E-state index >= 15 is 0 Å². The van der Waals surface area contributed by atoms with Gasteiger partial charge in [0.2, 0.25) is 5.91 Å². The molecule has 5 heteroatoms. The number of hydrogen-bond acceptors (Lipinski definition) is 4. The molecule has 0 atom stereocenters. The third kappa shape index (κ3) is 5.06. The van der Waals surface area contributed by atoms with Crippen molar-refractivity contribution in [2.45, 2.75) is 57.4 Å². The lowest BCUT2D eigenvalue weighted by molar-refractivity contribution is -0.122. The molecule has 0 aromatic heterocycles. The van der Waals surface area contributed by atoms with Gasteiger partial charge in [-0.05, 0) is 43.5 Å². The maximum atomic E-state index is 12.2. The molecule has 1 fully saturated rings. The summed E-state index contributed by atoms with van der Waals surface area (Å²) in [4.78, 5) is 24.3. The molecule has 1 aromatic carbocycles. The molecule has 1 amide bonds. The lowest BCUT2D eigenvalue weighted by Gasteiger charge is -2.28. The Hall–Kier alpha value is -1.88. The molecule has 1 aliphatic carbocycles. The third-order valence-electron chi connectivity index (χ3n) is 4.58. The highest BCUT2D eigenvalue weighted by Crippen LogP contribution is 2.28. The van der Waals surface area contributed by atoms with Gasteiger partial charge in [0.25, 0.3) is 0 Å². The number of hydrogen-bond donors (Lipinski definition) is 2. The summed E-state index contributed by atoms with van der Waals surface area (Å²) in [5, 5.41) is 3.04. The monoisotopic (exact) mass is 332 g/mol. The standard InChI is InChI=1S/C19H28N2O3/c1-2-13-24-16-7-5-15(6-8-16)17(22)9-10-18(23)21-19(14-20)11-3-4-12-19/h5-8H,2-4,9-14,20H2,1H3,(H,21,23). The molecule has 0 spiro atoms. The zero-order valence-electron chi connectivity index (χ0n) is 14.5. The molecule has 3 N–H and O–H groups in total. The average Bonchev–Trinajstić information content (AvgIpc) is 3.07. The predicted octanol–water partition coefficient (Wildman–Crippen LogP) is 2.83. The molecule has 0 heterocycles. The minimum atomic E-state index is -0.252. The second-order valence-corrected chi connectivity index (χ2v) is 6.54. The van der Waals surface area contributed by atoms with Crippen molar-refractivity contribution in [1.29, 1.82) is 0 Å². The van der Waals surface area contributed by atoms with Crippen LogP contribution in [0.5, 0.6) is 5.75 Å². The Kier molecular flexibility index (Phi) is 6.79. The third-order valence-corrected chi connectivity index (χ3v) is 4.58. The summed E-state index contributed by atoms with van der Waals surface area (Å²) in [6.07, 6.45) is 5.42. The number of carbonyl (C=O) groups is 2. The van der Waals surface area contributed by atoms with Crippen molar-refractivity contribution in [3.8, 4) is 5.75 Å². The Labute approximate surface area is 143 Å². The number of ether oxygens (including phenoxy) is 1. The van der Waals surface area contributed by atoms with Crippen LogP contribution in [0.2, 0.25) is 0 Å². The van der Waals surface area contributed by atoms with E-state index in [0.29, 0.717) is 18.7 Å². The predicted molar refractivity (Wildman–Crippen MR) is 94.2 cm³/mol. The van der Waals surface area contributed by atoms with Crippen LogP contribution in [0.4, 0.5) is 0 Å². The molecule has 0 saturated heterocycles. The molecule has 5 nitrogen and oxygen atoms in total. The van der Waals surface area contributed by atoms with Crippen molar-refractivity contribution in [3.63, 3.8) is 0 Å². The Balaban J connectivity index is 1.80. The van der Waals surface area contributed by atoms with E-state index in [4.69, 9.17) is 10.5 Å². The number of nitrogens with two attached hydrogens (primary N) is 1. The van der Waals surface area contributed by atoms with E-state index in [2.05, 4.69) is 5.32 Å². The minimum Gasteiger partial charge on any atom is -0.494 e. The lowest BCUT2D eigenvalue weighted by Crippen LogP contribution is -2.51. The number of benzene rings is 1. The first-order valence-corrected chi connectivity index (χ1v) is 8.86. The van der Waals surface area contributed by atoms with E-state index in [9.17, 15) is 9.59 Å². The Bertz CT molecular complexity index is 548. The van der Waals surface area contributed by atoms with Crippen molar-refractivity contribution in [2.24, 2.45) is 5.73 Å². The molecule has 0 aliphatic heterocycles. The second kappa shape index (κ2) is 8.83. The van der Waals surface area contributed by atoms with Crippen LogP contribution >= 0.6 is 0 Å². The van der Waals surface area contributed by atoms with Crippen LogP contribution in [0, 0.1) is 0 Å². The maximum Gasteiger partial charge on any atom is 0.220 e. The molecule has 0 bridgehead atoms. The summed E-state index contributed by atoms with van der Waals surface area (Å²) < 4.78 is 5.50. The smallest absolute Gasteiger partial charge is 0.220 e. The zero-order valence-corrected chi connectivity index (χ0v) is 14.5.